The standard InChI is InChI=1S/C25H19F2NO3/c1-14-10-11-15(2)19(12-14)23(29)21-22(18-8-3-4-9-20(18)27)28(25(31)24(21)30)17-7-5-6-16(26)13-17/h3-13,22,29H,1-2H3/b23-21+. The van der Waals surface area contributed by atoms with Gasteiger partial charge in [-0.2, -0.15) is 0 Å². The summed E-state index contributed by atoms with van der Waals surface area (Å²) < 4.78 is 28.7. The van der Waals surface area contributed by atoms with Gasteiger partial charge in [-0.3, -0.25) is 14.5 Å². The van der Waals surface area contributed by atoms with Crippen LogP contribution >= 0.6 is 0 Å². The summed E-state index contributed by atoms with van der Waals surface area (Å²) in [4.78, 5) is 27.1. The molecule has 0 spiro atoms. The number of amides is 1. The van der Waals surface area contributed by atoms with E-state index in [9.17, 15) is 23.5 Å². The number of carbonyl (C=O) groups excluding carboxylic acids is 2. The minimum absolute atomic E-state index is 0.0258. The first-order chi connectivity index (χ1) is 14.8. The molecule has 1 heterocycles. The Hall–Kier alpha value is -3.80. The van der Waals surface area contributed by atoms with Gasteiger partial charge in [-0.25, -0.2) is 8.78 Å². The molecule has 0 aliphatic carbocycles. The Morgan fingerprint density at radius 2 is 1.68 bits per heavy atom. The van der Waals surface area contributed by atoms with Gasteiger partial charge in [0, 0.05) is 16.8 Å². The molecule has 1 aliphatic heterocycles. The fraction of sp³-hybridized carbons (Fsp3) is 0.120. The number of carbonyl (C=O) groups is 2. The summed E-state index contributed by atoms with van der Waals surface area (Å²) in [5, 5.41) is 11.1. The summed E-state index contributed by atoms with van der Waals surface area (Å²) in [6.07, 6.45) is 0. The third kappa shape index (κ3) is 3.50. The first-order valence-electron chi connectivity index (χ1n) is 9.68. The average molecular weight is 419 g/mol. The van der Waals surface area contributed by atoms with Gasteiger partial charge in [0.1, 0.15) is 17.4 Å². The molecule has 0 aromatic heterocycles. The van der Waals surface area contributed by atoms with Crippen molar-refractivity contribution in [2.45, 2.75) is 19.9 Å². The van der Waals surface area contributed by atoms with Gasteiger partial charge in [0.15, 0.2) is 0 Å². The fourth-order valence-corrected chi connectivity index (χ4v) is 3.85. The number of rotatable bonds is 3. The Kier molecular flexibility index (Phi) is 5.15. The molecule has 1 amide bonds. The van der Waals surface area contributed by atoms with E-state index in [-0.39, 0.29) is 16.8 Å². The number of benzene rings is 3. The second-order valence-electron chi connectivity index (χ2n) is 7.49. The molecule has 3 aromatic carbocycles. The lowest BCUT2D eigenvalue weighted by Gasteiger charge is -2.26. The van der Waals surface area contributed by atoms with Crippen molar-refractivity contribution < 1.29 is 23.5 Å². The van der Waals surface area contributed by atoms with Crippen LogP contribution in [0.3, 0.4) is 0 Å². The van der Waals surface area contributed by atoms with Crippen molar-refractivity contribution in [1.82, 2.24) is 0 Å². The van der Waals surface area contributed by atoms with Gasteiger partial charge in [-0.1, -0.05) is 42.0 Å². The number of hydrogen-bond acceptors (Lipinski definition) is 3. The molecule has 1 saturated heterocycles. The van der Waals surface area contributed by atoms with Crippen molar-refractivity contribution in [3.63, 3.8) is 0 Å². The highest BCUT2D eigenvalue weighted by Crippen LogP contribution is 2.43. The van der Waals surface area contributed by atoms with E-state index in [0.29, 0.717) is 11.1 Å². The Morgan fingerprint density at radius 1 is 0.935 bits per heavy atom. The van der Waals surface area contributed by atoms with Gasteiger partial charge in [-0.15, -0.1) is 0 Å². The second kappa shape index (κ2) is 7.80. The molecule has 4 rings (SSSR count). The number of aliphatic hydroxyl groups excluding tert-OH is 1. The van der Waals surface area contributed by atoms with Crippen LogP contribution in [0.1, 0.15) is 28.3 Å². The molecule has 0 radical (unpaired) electrons. The number of anilines is 1. The molecule has 1 atom stereocenters. The maximum atomic E-state index is 14.8. The summed E-state index contributed by atoms with van der Waals surface area (Å²) >= 11 is 0. The van der Waals surface area contributed by atoms with Gasteiger partial charge in [0.05, 0.1) is 11.6 Å². The zero-order chi connectivity index (χ0) is 22.3. The molecule has 6 heteroatoms. The first-order valence-corrected chi connectivity index (χ1v) is 9.68. The third-order valence-electron chi connectivity index (χ3n) is 5.38. The molecule has 0 saturated carbocycles. The lowest BCUT2D eigenvalue weighted by molar-refractivity contribution is -0.132. The number of nitrogens with zero attached hydrogens (tertiary/aromatic N) is 1. The zero-order valence-corrected chi connectivity index (χ0v) is 16.9. The van der Waals surface area contributed by atoms with E-state index in [1.54, 1.807) is 25.1 Å². The molecule has 4 nitrogen and oxygen atoms in total. The second-order valence-corrected chi connectivity index (χ2v) is 7.49. The molecule has 1 fully saturated rings. The van der Waals surface area contributed by atoms with Crippen molar-refractivity contribution in [2.24, 2.45) is 0 Å². The lowest BCUT2D eigenvalue weighted by atomic mass is 9.93. The molecular formula is C25H19F2NO3. The predicted octanol–water partition coefficient (Wildman–Crippen LogP) is 5.21. The van der Waals surface area contributed by atoms with E-state index in [1.165, 1.54) is 36.4 Å². The van der Waals surface area contributed by atoms with Crippen LogP contribution < -0.4 is 4.90 Å². The molecular weight excluding hydrogens is 400 g/mol. The number of aryl methyl sites for hydroxylation is 2. The maximum Gasteiger partial charge on any atom is 0.300 e. The van der Waals surface area contributed by atoms with E-state index in [4.69, 9.17) is 0 Å². The molecule has 1 N–H and O–H groups in total. The van der Waals surface area contributed by atoms with Gasteiger partial charge in [0.25, 0.3) is 11.7 Å². The molecule has 0 bridgehead atoms. The summed E-state index contributed by atoms with van der Waals surface area (Å²) in [7, 11) is 0. The number of hydrogen-bond donors (Lipinski definition) is 1. The smallest absolute Gasteiger partial charge is 0.300 e. The van der Waals surface area contributed by atoms with Crippen molar-refractivity contribution in [1.29, 1.82) is 0 Å². The molecule has 156 valence electrons. The van der Waals surface area contributed by atoms with Crippen molar-refractivity contribution in [2.75, 3.05) is 4.90 Å². The van der Waals surface area contributed by atoms with Crippen LogP contribution in [-0.4, -0.2) is 16.8 Å². The lowest BCUT2D eigenvalue weighted by Crippen LogP contribution is -2.30. The quantitative estimate of drug-likeness (QED) is 0.360. The Balaban J connectivity index is 2.02. The SMILES string of the molecule is Cc1ccc(C)c(/C(O)=C2\C(=O)C(=O)N(c3cccc(F)c3)C2c2ccccc2F)c1. The summed E-state index contributed by atoms with van der Waals surface area (Å²) in [5.41, 5.74) is 1.78. The molecule has 1 aliphatic rings. The monoisotopic (exact) mass is 419 g/mol. The van der Waals surface area contributed by atoms with Gasteiger partial charge < -0.3 is 5.11 Å². The van der Waals surface area contributed by atoms with Crippen molar-refractivity contribution >= 4 is 23.1 Å². The highest BCUT2D eigenvalue weighted by atomic mass is 19.1. The van der Waals surface area contributed by atoms with E-state index in [1.807, 2.05) is 13.0 Å². The normalized spacial score (nSPS) is 17.9. The van der Waals surface area contributed by atoms with Gasteiger partial charge in [0.2, 0.25) is 0 Å². The highest BCUT2D eigenvalue weighted by Gasteiger charge is 2.48. The Labute approximate surface area is 178 Å². The van der Waals surface area contributed by atoms with E-state index < -0.39 is 35.1 Å². The molecule has 31 heavy (non-hydrogen) atoms. The number of halogens is 2. The summed E-state index contributed by atoms with van der Waals surface area (Å²) in [6, 6.07) is 14.9. The van der Waals surface area contributed by atoms with Crippen LogP contribution in [-0.2, 0) is 9.59 Å². The number of aliphatic hydroxyl groups is 1. The van der Waals surface area contributed by atoms with Crippen molar-refractivity contribution in [3.05, 3.63) is 106 Å². The third-order valence-corrected chi connectivity index (χ3v) is 5.38. The van der Waals surface area contributed by atoms with E-state index in [0.717, 1.165) is 16.5 Å². The average Bonchev–Trinajstić information content (AvgIpc) is 3.00. The topological polar surface area (TPSA) is 57.6 Å². The summed E-state index contributed by atoms with van der Waals surface area (Å²) in [5.74, 6) is -3.59. The van der Waals surface area contributed by atoms with Crippen LogP contribution in [0.4, 0.5) is 14.5 Å². The first kappa shape index (κ1) is 20.5. The minimum atomic E-state index is -1.25. The fourth-order valence-electron chi connectivity index (χ4n) is 3.85. The largest absolute Gasteiger partial charge is 0.507 e. The Morgan fingerprint density at radius 3 is 2.39 bits per heavy atom. The van der Waals surface area contributed by atoms with Gasteiger partial charge >= 0.3 is 0 Å². The van der Waals surface area contributed by atoms with Crippen LogP contribution in [0.2, 0.25) is 0 Å². The van der Waals surface area contributed by atoms with Crippen LogP contribution in [0.15, 0.2) is 72.3 Å². The van der Waals surface area contributed by atoms with Crippen molar-refractivity contribution in [3.8, 4) is 0 Å². The van der Waals surface area contributed by atoms with Crippen LogP contribution in [0.25, 0.3) is 5.76 Å². The van der Waals surface area contributed by atoms with Crippen LogP contribution in [0, 0.1) is 25.5 Å². The maximum absolute atomic E-state index is 14.8. The number of ketones is 1. The number of Topliss-reactive ketones (excluding diaryl/α,β-unsaturated/α-hetero) is 1. The highest BCUT2D eigenvalue weighted by molar-refractivity contribution is 6.51. The summed E-state index contributed by atoms with van der Waals surface area (Å²) in [6.45, 7) is 3.59. The molecule has 3 aromatic rings. The van der Waals surface area contributed by atoms with E-state index >= 15 is 0 Å². The van der Waals surface area contributed by atoms with Crippen LogP contribution in [0.5, 0.6) is 0 Å². The Bertz CT molecular complexity index is 1250. The minimum Gasteiger partial charge on any atom is -0.507 e. The zero-order valence-electron chi connectivity index (χ0n) is 16.9. The van der Waals surface area contributed by atoms with E-state index in [2.05, 4.69) is 0 Å². The molecule has 1 unspecified atom stereocenters. The predicted molar refractivity (Wildman–Crippen MR) is 113 cm³/mol. The van der Waals surface area contributed by atoms with Gasteiger partial charge in [-0.05, 0) is 49.7 Å².